The number of nitrogens with zero attached hydrogens (tertiary/aromatic N) is 6. The lowest BCUT2D eigenvalue weighted by Gasteiger charge is -2.34. The third-order valence-corrected chi connectivity index (χ3v) is 5.09. The molecule has 5 heterocycles. The molecule has 4 aromatic heterocycles. The highest BCUT2D eigenvalue weighted by Gasteiger charge is 2.24. The van der Waals surface area contributed by atoms with E-state index in [9.17, 15) is 0 Å². The quantitative estimate of drug-likeness (QED) is 0.605. The lowest BCUT2D eigenvalue weighted by atomic mass is 10.2. The van der Waals surface area contributed by atoms with Crippen molar-refractivity contribution in [2.75, 3.05) is 24.7 Å². The van der Waals surface area contributed by atoms with Crippen molar-refractivity contribution in [1.29, 1.82) is 0 Å². The zero-order valence-corrected chi connectivity index (χ0v) is 15.3. The first-order valence-corrected chi connectivity index (χ1v) is 9.07. The number of fused-ring (bicyclic) bond motifs is 1. The molecule has 0 amide bonds. The van der Waals surface area contributed by atoms with E-state index >= 15 is 0 Å². The molecule has 0 saturated carbocycles. The Balaban J connectivity index is 1.76. The second-order valence-electron chi connectivity index (χ2n) is 6.83. The van der Waals surface area contributed by atoms with Gasteiger partial charge in [0.25, 0.3) is 0 Å². The summed E-state index contributed by atoms with van der Waals surface area (Å²) < 4.78 is 9.35. The molecule has 1 atom stereocenters. The molecule has 0 spiro atoms. The first kappa shape index (κ1) is 16.1. The molecular formula is C19H21N7O. The van der Waals surface area contributed by atoms with Gasteiger partial charge in [0.2, 0.25) is 0 Å². The minimum absolute atomic E-state index is 0.268. The van der Waals surface area contributed by atoms with Crippen molar-refractivity contribution in [2.45, 2.75) is 13.0 Å². The van der Waals surface area contributed by atoms with E-state index in [4.69, 9.17) is 9.72 Å². The third-order valence-electron chi connectivity index (χ3n) is 5.09. The average Bonchev–Trinajstić information content (AvgIpc) is 3.41. The van der Waals surface area contributed by atoms with E-state index in [1.54, 1.807) is 6.20 Å². The van der Waals surface area contributed by atoms with Gasteiger partial charge in [-0.25, -0.2) is 9.50 Å². The van der Waals surface area contributed by atoms with Crippen molar-refractivity contribution >= 4 is 11.5 Å². The molecule has 8 nitrogen and oxygen atoms in total. The molecule has 1 N–H and O–H groups in total. The molecule has 1 saturated heterocycles. The number of hydrogen-bond acceptors (Lipinski definition) is 5. The maximum Gasteiger partial charge on any atom is 0.167 e. The van der Waals surface area contributed by atoms with Gasteiger partial charge >= 0.3 is 0 Å². The largest absolute Gasteiger partial charge is 0.377 e. The van der Waals surface area contributed by atoms with E-state index in [-0.39, 0.29) is 6.04 Å². The predicted octanol–water partition coefficient (Wildman–Crippen LogP) is 2.35. The highest BCUT2D eigenvalue weighted by molar-refractivity contribution is 5.78. The van der Waals surface area contributed by atoms with Crippen molar-refractivity contribution in [1.82, 2.24) is 29.4 Å². The number of aryl methyl sites for hydroxylation is 1. The van der Waals surface area contributed by atoms with Crippen molar-refractivity contribution < 1.29 is 4.74 Å². The molecular weight excluding hydrogens is 342 g/mol. The van der Waals surface area contributed by atoms with Crippen LogP contribution in [0.5, 0.6) is 0 Å². The SMILES string of the molecule is C[C@@H]1COCCN1c1cc(-c2ccnn2C)n2ncc(-c3ccc[nH]3)c2n1. The van der Waals surface area contributed by atoms with Crippen LogP contribution in [-0.2, 0) is 11.8 Å². The average molecular weight is 363 g/mol. The maximum absolute atomic E-state index is 5.60. The van der Waals surface area contributed by atoms with Gasteiger partial charge in [-0.05, 0) is 25.1 Å². The Bertz CT molecular complexity index is 1080. The third kappa shape index (κ3) is 2.60. The second kappa shape index (κ2) is 6.24. The fourth-order valence-corrected chi connectivity index (χ4v) is 3.66. The highest BCUT2D eigenvalue weighted by Crippen LogP contribution is 2.30. The molecule has 0 bridgehead atoms. The Hall–Kier alpha value is -3.13. The Morgan fingerprint density at radius 1 is 1.22 bits per heavy atom. The molecule has 0 aliphatic carbocycles. The van der Waals surface area contributed by atoms with Crippen molar-refractivity contribution in [3.05, 3.63) is 42.9 Å². The fraction of sp³-hybridized carbons (Fsp3) is 0.316. The number of anilines is 1. The summed E-state index contributed by atoms with van der Waals surface area (Å²) in [7, 11) is 1.94. The van der Waals surface area contributed by atoms with Gasteiger partial charge in [-0.3, -0.25) is 4.68 Å². The molecule has 1 aliphatic rings. The molecule has 5 rings (SSSR count). The first-order chi connectivity index (χ1) is 13.2. The van der Waals surface area contributed by atoms with Crippen LogP contribution < -0.4 is 4.90 Å². The summed E-state index contributed by atoms with van der Waals surface area (Å²) >= 11 is 0. The number of rotatable bonds is 3. The Labute approximate surface area is 156 Å². The van der Waals surface area contributed by atoms with E-state index in [1.807, 2.05) is 46.8 Å². The van der Waals surface area contributed by atoms with Crippen LogP contribution in [0.2, 0.25) is 0 Å². The molecule has 0 radical (unpaired) electrons. The molecule has 0 aromatic carbocycles. The van der Waals surface area contributed by atoms with Crippen LogP contribution in [0, 0.1) is 0 Å². The minimum Gasteiger partial charge on any atom is -0.377 e. The van der Waals surface area contributed by atoms with E-state index in [0.29, 0.717) is 13.2 Å². The molecule has 4 aromatic rings. The summed E-state index contributed by atoms with van der Waals surface area (Å²) in [5.41, 5.74) is 4.76. The maximum atomic E-state index is 5.60. The van der Waals surface area contributed by atoms with E-state index in [0.717, 1.165) is 40.7 Å². The molecule has 1 fully saturated rings. The molecule has 8 heteroatoms. The number of H-pyrrole nitrogens is 1. The zero-order valence-electron chi connectivity index (χ0n) is 15.3. The Morgan fingerprint density at radius 2 is 2.15 bits per heavy atom. The van der Waals surface area contributed by atoms with E-state index < -0.39 is 0 Å². The molecule has 0 unspecified atom stereocenters. The van der Waals surface area contributed by atoms with Crippen LogP contribution >= 0.6 is 0 Å². The Morgan fingerprint density at radius 3 is 2.89 bits per heavy atom. The summed E-state index contributed by atoms with van der Waals surface area (Å²) in [5.74, 6) is 0.933. The van der Waals surface area contributed by atoms with Crippen LogP contribution in [0.4, 0.5) is 5.82 Å². The summed E-state index contributed by atoms with van der Waals surface area (Å²) in [6, 6.07) is 8.38. The van der Waals surface area contributed by atoms with Gasteiger partial charge in [0.05, 0.1) is 48.1 Å². The van der Waals surface area contributed by atoms with Crippen molar-refractivity contribution in [3.63, 3.8) is 0 Å². The predicted molar refractivity (Wildman–Crippen MR) is 103 cm³/mol. The normalized spacial score (nSPS) is 17.7. The van der Waals surface area contributed by atoms with E-state index in [1.165, 1.54) is 0 Å². The highest BCUT2D eigenvalue weighted by atomic mass is 16.5. The zero-order chi connectivity index (χ0) is 18.4. The van der Waals surface area contributed by atoms with E-state index in [2.05, 4.69) is 33.1 Å². The van der Waals surface area contributed by atoms with Gasteiger partial charge in [0.15, 0.2) is 5.65 Å². The summed E-state index contributed by atoms with van der Waals surface area (Å²) in [5, 5.41) is 8.96. The summed E-state index contributed by atoms with van der Waals surface area (Å²) in [6.45, 7) is 4.40. The number of hydrogen-bond donors (Lipinski definition) is 1. The molecule has 27 heavy (non-hydrogen) atoms. The van der Waals surface area contributed by atoms with Crippen molar-refractivity contribution in [3.8, 4) is 22.6 Å². The lowest BCUT2D eigenvalue weighted by molar-refractivity contribution is 0.0985. The van der Waals surface area contributed by atoms with Crippen LogP contribution in [0.3, 0.4) is 0 Å². The van der Waals surface area contributed by atoms with Crippen LogP contribution in [0.25, 0.3) is 28.3 Å². The number of ether oxygens (including phenoxy) is 1. The molecule has 138 valence electrons. The van der Waals surface area contributed by atoms with Gasteiger partial charge in [-0.1, -0.05) is 0 Å². The summed E-state index contributed by atoms with van der Waals surface area (Å²) in [4.78, 5) is 10.5. The monoisotopic (exact) mass is 363 g/mol. The number of aromatic amines is 1. The van der Waals surface area contributed by atoms with Gasteiger partial charge < -0.3 is 14.6 Å². The second-order valence-corrected chi connectivity index (χ2v) is 6.83. The number of morpholine rings is 1. The first-order valence-electron chi connectivity index (χ1n) is 9.07. The van der Waals surface area contributed by atoms with Gasteiger partial charge in [-0.2, -0.15) is 10.2 Å². The van der Waals surface area contributed by atoms with Crippen LogP contribution in [-0.4, -0.2) is 55.2 Å². The lowest BCUT2D eigenvalue weighted by Crippen LogP contribution is -2.44. The number of nitrogens with one attached hydrogen (secondary N) is 1. The summed E-state index contributed by atoms with van der Waals surface area (Å²) in [6.07, 6.45) is 5.57. The number of aromatic nitrogens is 6. The molecule has 1 aliphatic heterocycles. The van der Waals surface area contributed by atoms with Gasteiger partial charge in [0, 0.05) is 32.1 Å². The van der Waals surface area contributed by atoms with Gasteiger partial charge in [0.1, 0.15) is 5.82 Å². The van der Waals surface area contributed by atoms with Gasteiger partial charge in [-0.15, -0.1) is 0 Å². The topological polar surface area (TPSA) is 76.3 Å². The van der Waals surface area contributed by atoms with Crippen LogP contribution in [0.1, 0.15) is 6.92 Å². The fourth-order valence-electron chi connectivity index (χ4n) is 3.66. The Kier molecular flexibility index (Phi) is 3.71. The van der Waals surface area contributed by atoms with Crippen molar-refractivity contribution in [2.24, 2.45) is 7.05 Å². The standard InChI is InChI=1S/C19H21N7O/c1-13-12-27-9-8-25(13)18-10-17(16-5-7-21-24(16)2)26-19(23-18)14(11-22-26)15-4-3-6-20-15/h3-7,10-11,13,20H,8-9,12H2,1-2H3/t13-/m1/s1. The minimum atomic E-state index is 0.268. The smallest absolute Gasteiger partial charge is 0.167 e. The van der Waals surface area contributed by atoms with Crippen LogP contribution in [0.15, 0.2) is 42.9 Å².